The van der Waals surface area contributed by atoms with Gasteiger partial charge in [-0.2, -0.15) is 0 Å². The van der Waals surface area contributed by atoms with Crippen LogP contribution in [0.3, 0.4) is 0 Å². The van der Waals surface area contributed by atoms with E-state index >= 15 is 0 Å². The van der Waals surface area contributed by atoms with Crippen molar-refractivity contribution in [2.75, 3.05) is 32.8 Å². The molecule has 3 rings (SSSR count). The zero-order valence-corrected chi connectivity index (χ0v) is 18.8. The van der Waals surface area contributed by atoms with Gasteiger partial charge in [-0.05, 0) is 39.8 Å². The number of hydrogen-bond acceptors (Lipinski definition) is 6. The maximum absolute atomic E-state index is 12.8. The molecule has 1 saturated heterocycles. The molecule has 2 aromatic rings. The molecule has 2 heterocycles. The molecule has 1 aliphatic heterocycles. The number of ether oxygens (including phenoxy) is 2. The number of benzene rings is 1. The van der Waals surface area contributed by atoms with Gasteiger partial charge in [-0.3, -0.25) is 9.59 Å². The number of carbonyl (C=O) groups is 2. The Balaban J connectivity index is 1.45. The molecule has 8 heteroatoms. The van der Waals surface area contributed by atoms with Gasteiger partial charge in [0.25, 0.3) is 11.8 Å². The molecule has 162 valence electrons. The number of carbonyl (C=O) groups excluding carboxylic acids is 2. The molecule has 0 aliphatic carbocycles. The van der Waals surface area contributed by atoms with E-state index in [0.717, 1.165) is 10.6 Å². The van der Waals surface area contributed by atoms with E-state index in [9.17, 15) is 9.59 Å². The van der Waals surface area contributed by atoms with Crippen LogP contribution >= 0.6 is 11.3 Å². The maximum Gasteiger partial charge on any atom is 0.265 e. The van der Waals surface area contributed by atoms with Crippen molar-refractivity contribution in [2.24, 2.45) is 0 Å². The normalized spacial score (nSPS) is 14.7. The van der Waals surface area contributed by atoms with Crippen molar-refractivity contribution in [3.05, 3.63) is 45.9 Å². The second-order valence-electron chi connectivity index (χ2n) is 8.29. The first-order valence-corrected chi connectivity index (χ1v) is 10.9. The largest absolute Gasteiger partial charge is 0.484 e. The van der Waals surface area contributed by atoms with Crippen molar-refractivity contribution in [2.45, 2.75) is 39.9 Å². The van der Waals surface area contributed by atoms with Crippen molar-refractivity contribution < 1.29 is 19.1 Å². The summed E-state index contributed by atoms with van der Waals surface area (Å²) in [6.45, 7) is 10.4. The molecule has 0 N–H and O–H groups in total. The molecule has 0 atom stereocenters. The quantitative estimate of drug-likeness (QED) is 0.703. The molecule has 2 amide bonds. The van der Waals surface area contributed by atoms with Gasteiger partial charge in [-0.25, -0.2) is 4.98 Å². The summed E-state index contributed by atoms with van der Waals surface area (Å²) >= 11 is 1.36. The molecular formula is C22H29N3O4S. The van der Waals surface area contributed by atoms with E-state index in [1.807, 2.05) is 52.0 Å². The molecule has 7 nitrogen and oxygen atoms in total. The van der Waals surface area contributed by atoms with Crippen LogP contribution in [0, 0.1) is 6.92 Å². The second-order valence-corrected chi connectivity index (χ2v) is 9.41. The standard InChI is InChI=1S/C22H29N3O4S/c1-16-5-7-17(8-6-16)28-15-20(26)24-9-11-25(12-10-24)21(27)18-13-23-19(30-18)14-29-22(2,3)4/h5-8,13H,9-12,14-15H2,1-4H3. The average Bonchev–Trinajstić information content (AvgIpc) is 3.20. The third-order valence-electron chi connectivity index (χ3n) is 4.70. The van der Waals surface area contributed by atoms with Gasteiger partial charge in [0.15, 0.2) is 6.61 Å². The maximum atomic E-state index is 12.8. The van der Waals surface area contributed by atoms with Crippen LogP contribution in [-0.4, -0.2) is 65.0 Å². The minimum atomic E-state index is -0.248. The van der Waals surface area contributed by atoms with Crippen LogP contribution in [0.25, 0.3) is 0 Å². The molecule has 30 heavy (non-hydrogen) atoms. The summed E-state index contributed by atoms with van der Waals surface area (Å²) in [4.78, 5) is 33.6. The highest BCUT2D eigenvalue weighted by Crippen LogP contribution is 2.20. The monoisotopic (exact) mass is 431 g/mol. The Hall–Kier alpha value is -2.45. The van der Waals surface area contributed by atoms with Gasteiger partial charge < -0.3 is 19.3 Å². The van der Waals surface area contributed by atoms with Gasteiger partial charge in [0, 0.05) is 26.2 Å². The van der Waals surface area contributed by atoms with Crippen LogP contribution in [0.1, 0.15) is 41.0 Å². The van der Waals surface area contributed by atoms with Gasteiger partial charge in [0.1, 0.15) is 15.6 Å². The summed E-state index contributed by atoms with van der Waals surface area (Å²) in [7, 11) is 0. The third kappa shape index (κ3) is 6.27. The van der Waals surface area contributed by atoms with Crippen LogP contribution in [0.2, 0.25) is 0 Å². The predicted molar refractivity (Wildman–Crippen MR) is 116 cm³/mol. The lowest BCUT2D eigenvalue weighted by atomic mass is 10.2. The van der Waals surface area contributed by atoms with Gasteiger partial charge >= 0.3 is 0 Å². The Morgan fingerprint density at radius 2 is 1.70 bits per heavy atom. The highest BCUT2D eigenvalue weighted by atomic mass is 32.1. The zero-order chi connectivity index (χ0) is 21.7. The fraction of sp³-hybridized carbons (Fsp3) is 0.500. The number of amides is 2. The minimum absolute atomic E-state index is 0.00297. The number of hydrogen-bond donors (Lipinski definition) is 0. The van der Waals surface area contributed by atoms with Gasteiger partial charge in [-0.1, -0.05) is 17.7 Å². The van der Waals surface area contributed by atoms with Crippen molar-refractivity contribution in [1.82, 2.24) is 14.8 Å². The van der Waals surface area contributed by atoms with E-state index in [1.54, 1.807) is 16.0 Å². The van der Waals surface area contributed by atoms with Crippen LogP contribution in [0.4, 0.5) is 0 Å². The lowest BCUT2D eigenvalue weighted by molar-refractivity contribution is -0.134. The Bertz CT molecular complexity index is 865. The zero-order valence-electron chi connectivity index (χ0n) is 18.0. The lowest BCUT2D eigenvalue weighted by Gasteiger charge is -2.34. The molecule has 0 saturated carbocycles. The van der Waals surface area contributed by atoms with E-state index in [-0.39, 0.29) is 24.0 Å². The summed E-state index contributed by atoms with van der Waals surface area (Å²) in [5, 5.41) is 0.787. The lowest BCUT2D eigenvalue weighted by Crippen LogP contribution is -2.51. The molecule has 1 aliphatic rings. The summed E-state index contributed by atoms with van der Waals surface area (Å²) in [6, 6.07) is 7.61. The number of aromatic nitrogens is 1. The van der Waals surface area contributed by atoms with Crippen LogP contribution < -0.4 is 4.74 Å². The Labute approximate surface area is 181 Å². The van der Waals surface area contributed by atoms with E-state index in [4.69, 9.17) is 9.47 Å². The average molecular weight is 432 g/mol. The molecule has 1 fully saturated rings. The molecule has 1 aromatic carbocycles. The highest BCUT2D eigenvalue weighted by molar-refractivity contribution is 7.13. The van der Waals surface area contributed by atoms with Crippen LogP contribution in [-0.2, 0) is 16.1 Å². The molecular weight excluding hydrogens is 402 g/mol. The second kappa shape index (κ2) is 9.57. The first kappa shape index (κ1) is 22.2. The summed E-state index contributed by atoms with van der Waals surface area (Å²) in [6.07, 6.45) is 1.61. The predicted octanol–water partition coefficient (Wildman–Crippen LogP) is 3.13. The fourth-order valence-corrected chi connectivity index (χ4v) is 3.74. The van der Waals surface area contributed by atoms with E-state index in [1.165, 1.54) is 11.3 Å². The fourth-order valence-electron chi connectivity index (χ4n) is 2.94. The topological polar surface area (TPSA) is 72.0 Å². The number of nitrogens with zero attached hydrogens (tertiary/aromatic N) is 3. The first-order chi connectivity index (χ1) is 14.2. The van der Waals surface area contributed by atoms with Crippen LogP contribution in [0.15, 0.2) is 30.5 Å². The van der Waals surface area contributed by atoms with E-state index in [2.05, 4.69) is 4.98 Å². The molecule has 0 unspecified atom stereocenters. The molecule has 0 spiro atoms. The number of thiazole rings is 1. The molecule has 0 radical (unpaired) electrons. The first-order valence-electron chi connectivity index (χ1n) is 10.1. The summed E-state index contributed by atoms with van der Waals surface area (Å²) in [5.41, 5.74) is 0.895. The molecule has 0 bridgehead atoms. The van der Waals surface area contributed by atoms with E-state index in [0.29, 0.717) is 43.4 Å². The number of piperazine rings is 1. The summed E-state index contributed by atoms with van der Waals surface area (Å²) in [5.74, 6) is 0.568. The summed E-state index contributed by atoms with van der Waals surface area (Å²) < 4.78 is 11.3. The van der Waals surface area contributed by atoms with Crippen molar-refractivity contribution in [3.63, 3.8) is 0 Å². The number of aryl methyl sites for hydroxylation is 1. The van der Waals surface area contributed by atoms with Crippen molar-refractivity contribution in [1.29, 1.82) is 0 Å². The third-order valence-corrected chi connectivity index (χ3v) is 5.65. The van der Waals surface area contributed by atoms with Crippen molar-refractivity contribution >= 4 is 23.2 Å². The number of rotatable bonds is 6. The Kier molecular flexibility index (Phi) is 7.10. The smallest absolute Gasteiger partial charge is 0.265 e. The van der Waals surface area contributed by atoms with Gasteiger partial charge in [0.05, 0.1) is 18.4 Å². The Morgan fingerprint density at radius 3 is 2.33 bits per heavy atom. The highest BCUT2D eigenvalue weighted by Gasteiger charge is 2.26. The van der Waals surface area contributed by atoms with Gasteiger partial charge in [-0.15, -0.1) is 11.3 Å². The SMILES string of the molecule is Cc1ccc(OCC(=O)N2CCN(C(=O)c3cnc(COC(C)(C)C)s3)CC2)cc1. The minimum Gasteiger partial charge on any atom is -0.484 e. The van der Waals surface area contributed by atoms with Crippen molar-refractivity contribution in [3.8, 4) is 5.75 Å². The van der Waals surface area contributed by atoms with E-state index < -0.39 is 0 Å². The van der Waals surface area contributed by atoms with Crippen LogP contribution in [0.5, 0.6) is 5.75 Å². The Morgan fingerprint density at radius 1 is 1.07 bits per heavy atom. The van der Waals surface area contributed by atoms with Gasteiger partial charge in [0.2, 0.25) is 0 Å². The molecule has 1 aromatic heterocycles.